The Kier molecular flexibility index (Phi) is 9.81. The fraction of sp³-hybridized carbons (Fsp3) is 0.750. The van der Waals surface area contributed by atoms with Crippen molar-refractivity contribution >= 4 is 24.8 Å². The molecule has 0 saturated carbocycles. The van der Waals surface area contributed by atoms with Crippen LogP contribution in [-0.4, -0.2) is 42.5 Å². The van der Waals surface area contributed by atoms with Crippen LogP contribution < -0.4 is 5.73 Å². The molecule has 0 bridgehead atoms. The van der Waals surface area contributed by atoms with Gasteiger partial charge in [0.1, 0.15) is 0 Å². The third-order valence-electron chi connectivity index (χ3n) is 2.07. The molecule has 14 heavy (non-hydrogen) atoms. The second-order valence-corrected chi connectivity index (χ2v) is 3.05. The van der Waals surface area contributed by atoms with Crippen LogP contribution in [0, 0.1) is 5.92 Å². The molecular weight excluding hydrogens is 208 g/mol. The van der Waals surface area contributed by atoms with E-state index >= 15 is 0 Å². The zero-order valence-corrected chi connectivity index (χ0v) is 9.00. The molecule has 1 fully saturated rings. The number of carboxylic acid groups (broad SMARTS) is 1. The van der Waals surface area contributed by atoms with Crippen molar-refractivity contribution in [2.45, 2.75) is 12.8 Å². The number of piperidine rings is 1. The maximum absolute atomic E-state index is 10.4. The second-order valence-electron chi connectivity index (χ2n) is 3.05. The monoisotopic (exact) mass is 224 g/mol. The number of hydrogen-bond donors (Lipinski definition) is 2. The SMILES string of the molecule is CN1CCC(C(=O)O)CC1.Cl.NC=O. The lowest BCUT2D eigenvalue weighted by Crippen LogP contribution is -2.33. The number of halogens is 1. The summed E-state index contributed by atoms with van der Waals surface area (Å²) in [6, 6.07) is 0. The van der Waals surface area contributed by atoms with Crippen LogP contribution in [0.2, 0.25) is 0 Å². The summed E-state index contributed by atoms with van der Waals surface area (Å²) in [5.41, 5.74) is 4.17. The summed E-state index contributed by atoms with van der Waals surface area (Å²) in [6.07, 6.45) is 1.87. The normalized spacial score (nSPS) is 17.2. The summed E-state index contributed by atoms with van der Waals surface area (Å²) in [4.78, 5) is 21.2. The summed E-state index contributed by atoms with van der Waals surface area (Å²) in [7, 11) is 2.03. The van der Waals surface area contributed by atoms with Crippen molar-refractivity contribution in [1.29, 1.82) is 0 Å². The topological polar surface area (TPSA) is 83.6 Å². The van der Waals surface area contributed by atoms with Gasteiger partial charge in [-0.25, -0.2) is 0 Å². The minimum absolute atomic E-state index is 0. The molecule has 1 amide bonds. The minimum atomic E-state index is -0.631. The predicted octanol–water partition coefficient (Wildman–Crippen LogP) is -0.0639. The van der Waals surface area contributed by atoms with Crippen molar-refractivity contribution in [2.75, 3.05) is 20.1 Å². The standard InChI is InChI=1S/C7H13NO2.CH3NO.ClH/c1-8-4-2-6(3-5-8)7(9)10;2-1-3;/h6H,2-5H2,1H3,(H,9,10);1H,(H2,2,3);1H. The lowest BCUT2D eigenvalue weighted by atomic mass is 9.98. The van der Waals surface area contributed by atoms with E-state index in [4.69, 9.17) is 9.90 Å². The van der Waals surface area contributed by atoms with Crippen molar-refractivity contribution in [3.05, 3.63) is 0 Å². The Balaban J connectivity index is 0. The van der Waals surface area contributed by atoms with Crippen molar-refractivity contribution in [3.63, 3.8) is 0 Å². The number of hydrogen-bond acceptors (Lipinski definition) is 3. The molecule has 0 aliphatic carbocycles. The third-order valence-corrected chi connectivity index (χ3v) is 2.07. The van der Waals surface area contributed by atoms with Gasteiger partial charge in [0.2, 0.25) is 6.41 Å². The molecule has 0 unspecified atom stereocenters. The number of carbonyl (C=O) groups is 2. The molecule has 3 N–H and O–H groups in total. The van der Waals surface area contributed by atoms with E-state index in [-0.39, 0.29) is 24.7 Å². The largest absolute Gasteiger partial charge is 0.481 e. The van der Waals surface area contributed by atoms with Gasteiger partial charge in [0.05, 0.1) is 5.92 Å². The number of carboxylic acids is 1. The lowest BCUT2D eigenvalue weighted by Gasteiger charge is -2.25. The Morgan fingerprint density at radius 1 is 1.50 bits per heavy atom. The highest BCUT2D eigenvalue weighted by molar-refractivity contribution is 5.85. The molecule has 0 spiro atoms. The zero-order valence-electron chi connectivity index (χ0n) is 8.18. The molecule has 1 aliphatic rings. The average Bonchev–Trinajstić information content (AvgIpc) is 2.06. The Hall–Kier alpha value is -0.810. The van der Waals surface area contributed by atoms with Crippen LogP contribution in [0.5, 0.6) is 0 Å². The maximum atomic E-state index is 10.4. The van der Waals surface area contributed by atoms with Crippen molar-refractivity contribution in [1.82, 2.24) is 4.90 Å². The van der Waals surface area contributed by atoms with E-state index < -0.39 is 5.97 Å². The molecular formula is C8H17ClN2O3. The van der Waals surface area contributed by atoms with Crippen LogP contribution in [-0.2, 0) is 9.59 Å². The van der Waals surface area contributed by atoms with Crippen LogP contribution in [0.25, 0.3) is 0 Å². The minimum Gasteiger partial charge on any atom is -0.481 e. The number of nitrogens with zero attached hydrogens (tertiary/aromatic N) is 1. The molecule has 0 aromatic heterocycles. The van der Waals surface area contributed by atoms with E-state index in [1.807, 2.05) is 7.05 Å². The Morgan fingerprint density at radius 2 is 1.86 bits per heavy atom. The van der Waals surface area contributed by atoms with E-state index in [0.717, 1.165) is 25.9 Å². The Bertz CT molecular complexity index is 170. The molecule has 6 heteroatoms. The zero-order chi connectivity index (χ0) is 10.3. The first-order chi connectivity index (χ1) is 6.11. The average molecular weight is 225 g/mol. The first-order valence-electron chi connectivity index (χ1n) is 4.18. The van der Waals surface area contributed by atoms with E-state index in [0.29, 0.717) is 0 Å². The van der Waals surface area contributed by atoms with Gasteiger partial charge >= 0.3 is 5.97 Å². The highest BCUT2D eigenvalue weighted by Crippen LogP contribution is 2.15. The number of nitrogens with two attached hydrogens (primary N) is 1. The van der Waals surface area contributed by atoms with Gasteiger partial charge in [-0.3, -0.25) is 9.59 Å². The highest BCUT2D eigenvalue weighted by atomic mass is 35.5. The Labute approximate surface area is 89.7 Å². The molecule has 1 saturated heterocycles. The van der Waals surface area contributed by atoms with E-state index in [1.54, 1.807) is 0 Å². The third kappa shape index (κ3) is 6.68. The van der Waals surface area contributed by atoms with Crippen molar-refractivity contribution < 1.29 is 14.7 Å². The summed E-state index contributed by atoms with van der Waals surface area (Å²) >= 11 is 0. The van der Waals surface area contributed by atoms with Crippen LogP contribution in [0.15, 0.2) is 0 Å². The van der Waals surface area contributed by atoms with Crippen LogP contribution in [0.4, 0.5) is 0 Å². The quantitative estimate of drug-likeness (QED) is 0.611. The summed E-state index contributed by atoms with van der Waals surface area (Å²) in [6.45, 7) is 1.86. The fourth-order valence-corrected chi connectivity index (χ4v) is 1.26. The number of aliphatic carboxylic acids is 1. The summed E-state index contributed by atoms with van der Waals surface area (Å²) in [5.74, 6) is -0.718. The first kappa shape index (κ1) is 15.7. The smallest absolute Gasteiger partial charge is 0.306 e. The summed E-state index contributed by atoms with van der Waals surface area (Å²) in [5, 5.41) is 8.61. The van der Waals surface area contributed by atoms with Gasteiger partial charge in [-0.15, -0.1) is 12.4 Å². The number of primary amides is 1. The van der Waals surface area contributed by atoms with Gasteiger partial charge in [0, 0.05) is 0 Å². The van der Waals surface area contributed by atoms with Crippen LogP contribution >= 0.6 is 12.4 Å². The molecule has 1 aliphatic heterocycles. The molecule has 0 aromatic carbocycles. The Morgan fingerprint density at radius 3 is 2.14 bits per heavy atom. The number of likely N-dealkylation sites (tertiary alicyclic amines) is 1. The molecule has 5 nitrogen and oxygen atoms in total. The number of amides is 1. The van der Waals surface area contributed by atoms with Gasteiger partial charge in [0.15, 0.2) is 0 Å². The highest BCUT2D eigenvalue weighted by Gasteiger charge is 2.21. The van der Waals surface area contributed by atoms with E-state index in [1.165, 1.54) is 0 Å². The number of rotatable bonds is 1. The predicted molar refractivity (Wildman–Crippen MR) is 55.4 cm³/mol. The van der Waals surface area contributed by atoms with Crippen LogP contribution in [0.1, 0.15) is 12.8 Å². The van der Waals surface area contributed by atoms with Gasteiger partial charge in [-0.2, -0.15) is 0 Å². The van der Waals surface area contributed by atoms with Gasteiger partial charge in [-0.1, -0.05) is 0 Å². The van der Waals surface area contributed by atoms with E-state index in [9.17, 15) is 4.79 Å². The molecule has 1 heterocycles. The first-order valence-corrected chi connectivity index (χ1v) is 4.18. The number of carbonyl (C=O) groups excluding carboxylic acids is 1. The van der Waals surface area contributed by atoms with Gasteiger partial charge in [0.25, 0.3) is 0 Å². The maximum Gasteiger partial charge on any atom is 0.306 e. The second kappa shape index (κ2) is 8.77. The van der Waals surface area contributed by atoms with Crippen LogP contribution in [0.3, 0.4) is 0 Å². The van der Waals surface area contributed by atoms with E-state index in [2.05, 4.69) is 10.6 Å². The summed E-state index contributed by atoms with van der Waals surface area (Å²) < 4.78 is 0. The molecule has 0 radical (unpaired) electrons. The van der Waals surface area contributed by atoms with Crippen molar-refractivity contribution in [3.8, 4) is 0 Å². The molecule has 0 atom stereocenters. The molecule has 84 valence electrons. The van der Waals surface area contributed by atoms with Gasteiger partial charge < -0.3 is 15.7 Å². The fourth-order valence-electron chi connectivity index (χ4n) is 1.26. The molecule has 0 aromatic rings. The lowest BCUT2D eigenvalue weighted by molar-refractivity contribution is -0.143. The molecule has 1 rings (SSSR count). The van der Waals surface area contributed by atoms with Gasteiger partial charge in [-0.05, 0) is 33.0 Å². The van der Waals surface area contributed by atoms with Crippen molar-refractivity contribution in [2.24, 2.45) is 11.7 Å².